The number of fused-ring (bicyclic) bond motifs is 1. The minimum Gasteiger partial charge on any atom is -0.336 e. The smallest absolute Gasteiger partial charge is 0.264 e. The Hall–Kier alpha value is -2.48. The Labute approximate surface area is 159 Å². The van der Waals surface area contributed by atoms with E-state index >= 15 is 0 Å². The summed E-state index contributed by atoms with van der Waals surface area (Å²) in [7, 11) is 0. The van der Waals surface area contributed by atoms with Gasteiger partial charge in [-0.15, -0.1) is 0 Å². The molecule has 8 heteroatoms. The minimum atomic E-state index is -2.66. The Morgan fingerprint density at radius 1 is 1.29 bits per heavy atom. The van der Waals surface area contributed by atoms with Crippen LogP contribution in [0.1, 0.15) is 47.7 Å². The van der Waals surface area contributed by atoms with Gasteiger partial charge in [-0.2, -0.15) is 0 Å². The van der Waals surface area contributed by atoms with Crippen LogP contribution in [0.3, 0.4) is 0 Å². The van der Waals surface area contributed by atoms with Crippen LogP contribution in [0.5, 0.6) is 0 Å². The summed E-state index contributed by atoms with van der Waals surface area (Å²) in [6.07, 6.45) is -1.08. The van der Waals surface area contributed by atoms with Gasteiger partial charge in [0.15, 0.2) is 11.6 Å². The first-order valence-electron chi connectivity index (χ1n) is 9.14. The number of aryl methyl sites for hydroxylation is 1. The Balaban J connectivity index is 1.60. The summed E-state index contributed by atoms with van der Waals surface area (Å²) in [5.74, 6) is -1.82. The summed E-state index contributed by atoms with van der Waals surface area (Å²) >= 11 is 0. The molecule has 3 heterocycles. The lowest BCUT2D eigenvalue weighted by molar-refractivity contribution is 0.152. The maximum absolute atomic E-state index is 14.0. The number of aromatic nitrogens is 2. The maximum Gasteiger partial charge on any atom is 0.264 e. The van der Waals surface area contributed by atoms with Crippen LogP contribution in [0.25, 0.3) is 11.1 Å². The van der Waals surface area contributed by atoms with Crippen LogP contribution >= 0.6 is 0 Å². The molecule has 2 aromatic heterocycles. The van der Waals surface area contributed by atoms with E-state index in [1.54, 1.807) is 13.0 Å². The lowest BCUT2D eigenvalue weighted by Gasteiger charge is -2.32. The molecule has 0 amide bonds. The van der Waals surface area contributed by atoms with Gasteiger partial charge in [0.25, 0.3) is 12.1 Å². The van der Waals surface area contributed by atoms with E-state index < -0.39 is 18.1 Å². The largest absolute Gasteiger partial charge is 0.336 e. The predicted octanol–water partition coefficient (Wildman–Crippen LogP) is 5.13. The maximum atomic E-state index is 14.0. The van der Waals surface area contributed by atoms with Crippen molar-refractivity contribution < 1.29 is 22.1 Å². The number of halogens is 4. The number of piperidine rings is 1. The van der Waals surface area contributed by atoms with Crippen LogP contribution in [0.2, 0.25) is 0 Å². The summed E-state index contributed by atoms with van der Waals surface area (Å²) in [5, 5.41) is 4.01. The summed E-state index contributed by atoms with van der Waals surface area (Å²) in [6.45, 7) is 3.10. The van der Waals surface area contributed by atoms with Crippen LogP contribution < -0.4 is 0 Å². The molecule has 4 rings (SSSR count). The van der Waals surface area contributed by atoms with Gasteiger partial charge in [0.05, 0.1) is 11.1 Å². The molecular formula is C20H19F4N3O. The van der Waals surface area contributed by atoms with Gasteiger partial charge in [0.1, 0.15) is 0 Å². The Bertz CT molecular complexity index is 1000. The van der Waals surface area contributed by atoms with E-state index in [1.807, 2.05) is 4.90 Å². The highest BCUT2D eigenvalue weighted by Crippen LogP contribution is 2.34. The fraction of sp³-hybridized carbons (Fsp3) is 0.400. The van der Waals surface area contributed by atoms with Crippen molar-refractivity contribution in [2.45, 2.75) is 38.7 Å². The van der Waals surface area contributed by atoms with E-state index in [-0.39, 0.29) is 34.7 Å². The van der Waals surface area contributed by atoms with Crippen LogP contribution in [0, 0.1) is 18.6 Å². The van der Waals surface area contributed by atoms with Crippen LogP contribution in [0.15, 0.2) is 28.8 Å². The van der Waals surface area contributed by atoms with Gasteiger partial charge >= 0.3 is 0 Å². The van der Waals surface area contributed by atoms with E-state index in [0.717, 1.165) is 25.5 Å². The molecule has 4 nitrogen and oxygen atoms in total. The normalized spacial score (nSPS) is 18.3. The predicted molar refractivity (Wildman–Crippen MR) is 95.1 cm³/mol. The van der Waals surface area contributed by atoms with Crippen molar-refractivity contribution in [3.05, 3.63) is 58.4 Å². The number of pyridine rings is 1. The number of hydrogen-bond donors (Lipinski definition) is 0. The molecule has 1 aliphatic rings. The molecule has 1 aliphatic heterocycles. The fourth-order valence-electron chi connectivity index (χ4n) is 3.88. The number of hydrogen-bond acceptors (Lipinski definition) is 4. The molecule has 1 fully saturated rings. The van der Waals surface area contributed by atoms with Crippen molar-refractivity contribution in [1.29, 1.82) is 0 Å². The topological polar surface area (TPSA) is 42.2 Å². The summed E-state index contributed by atoms with van der Waals surface area (Å²) in [5.41, 5.74) is 1.16. The zero-order chi connectivity index (χ0) is 19.8. The molecule has 0 radical (unpaired) electrons. The molecule has 0 bridgehead atoms. The van der Waals surface area contributed by atoms with Gasteiger partial charge in [0.2, 0.25) is 0 Å². The van der Waals surface area contributed by atoms with Crippen molar-refractivity contribution in [2.24, 2.45) is 0 Å². The molecule has 1 saturated heterocycles. The number of alkyl halides is 2. The third-order valence-electron chi connectivity index (χ3n) is 5.25. The SMILES string of the molecule is Cc1noc2nc(C3CCCN(Cc4cccc(F)c4F)C3)cc(C(F)F)c12. The summed E-state index contributed by atoms with van der Waals surface area (Å²) < 4.78 is 59.7. The minimum absolute atomic E-state index is 0.0994. The average molecular weight is 393 g/mol. The van der Waals surface area contributed by atoms with Gasteiger partial charge in [0, 0.05) is 35.8 Å². The first kappa shape index (κ1) is 18.9. The van der Waals surface area contributed by atoms with Crippen LogP contribution in [0.4, 0.5) is 17.6 Å². The highest BCUT2D eigenvalue weighted by atomic mass is 19.3. The molecule has 0 N–H and O–H groups in total. The third kappa shape index (κ3) is 3.48. The molecular weight excluding hydrogens is 374 g/mol. The zero-order valence-corrected chi connectivity index (χ0v) is 15.3. The van der Waals surface area contributed by atoms with Crippen molar-refractivity contribution >= 4 is 11.1 Å². The average Bonchev–Trinajstić information content (AvgIpc) is 3.06. The highest BCUT2D eigenvalue weighted by molar-refractivity contribution is 5.80. The first-order valence-corrected chi connectivity index (χ1v) is 9.14. The van der Waals surface area contributed by atoms with Crippen molar-refractivity contribution in [3.8, 4) is 0 Å². The number of nitrogens with zero attached hydrogens (tertiary/aromatic N) is 3. The molecule has 3 aromatic rings. The molecule has 0 spiro atoms. The van der Waals surface area contributed by atoms with Crippen molar-refractivity contribution in [1.82, 2.24) is 15.0 Å². The Morgan fingerprint density at radius 2 is 2.11 bits per heavy atom. The van der Waals surface area contributed by atoms with Crippen molar-refractivity contribution in [2.75, 3.05) is 13.1 Å². The van der Waals surface area contributed by atoms with Gasteiger partial charge < -0.3 is 4.52 Å². The lowest BCUT2D eigenvalue weighted by atomic mass is 9.92. The second kappa shape index (κ2) is 7.50. The van der Waals surface area contributed by atoms with Gasteiger partial charge in [-0.3, -0.25) is 4.90 Å². The monoisotopic (exact) mass is 393 g/mol. The molecule has 148 valence electrons. The first-order chi connectivity index (χ1) is 13.4. The third-order valence-corrected chi connectivity index (χ3v) is 5.25. The van der Waals surface area contributed by atoms with E-state index in [1.165, 1.54) is 12.1 Å². The standard InChI is InChI=1S/C20H19F4N3O/c1-11-17-14(19(23)24)8-16(25-20(17)28-26-11)12-5-3-7-27(9-12)10-13-4-2-6-15(21)18(13)22/h2,4,6,8,12,19H,3,5,7,9-10H2,1H3. The fourth-order valence-corrected chi connectivity index (χ4v) is 3.88. The summed E-state index contributed by atoms with van der Waals surface area (Å²) in [4.78, 5) is 6.40. The van der Waals surface area contributed by atoms with E-state index in [0.29, 0.717) is 17.9 Å². The molecule has 1 unspecified atom stereocenters. The van der Waals surface area contributed by atoms with E-state index in [2.05, 4.69) is 10.1 Å². The number of benzene rings is 1. The summed E-state index contributed by atoms with van der Waals surface area (Å²) in [6, 6.07) is 5.54. The van der Waals surface area contributed by atoms with Gasteiger partial charge in [-0.1, -0.05) is 17.3 Å². The van der Waals surface area contributed by atoms with Gasteiger partial charge in [-0.25, -0.2) is 22.5 Å². The van der Waals surface area contributed by atoms with Crippen LogP contribution in [-0.4, -0.2) is 28.1 Å². The molecule has 1 aromatic carbocycles. The van der Waals surface area contributed by atoms with Crippen molar-refractivity contribution in [3.63, 3.8) is 0 Å². The highest BCUT2D eigenvalue weighted by Gasteiger charge is 2.27. The number of likely N-dealkylation sites (tertiary alicyclic amines) is 1. The van der Waals surface area contributed by atoms with Gasteiger partial charge in [-0.05, 0) is 38.4 Å². The molecule has 1 atom stereocenters. The quantitative estimate of drug-likeness (QED) is 0.577. The van der Waals surface area contributed by atoms with E-state index in [4.69, 9.17) is 4.52 Å². The second-order valence-corrected chi connectivity index (χ2v) is 7.17. The molecule has 0 aliphatic carbocycles. The Kier molecular flexibility index (Phi) is 5.05. The lowest BCUT2D eigenvalue weighted by Crippen LogP contribution is -2.34. The van der Waals surface area contributed by atoms with Crippen LogP contribution in [-0.2, 0) is 6.54 Å². The molecule has 28 heavy (non-hydrogen) atoms. The Morgan fingerprint density at radius 3 is 2.89 bits per heavy atom. The van der Waals surface area contributed by atoms with E-state index in [9.17, 15) is 17.6 Å². The molecule has 0 saturated carbocycles. The number of rotatable bonds is 4. The zero-order valence-electron chi connectivity index (χ0n) is 15.3. The second-order valence-electron chi connectivity index (χ2n) is 7.17.